The van der Waals surface area contributed by atoms with Crippen LogP contribution in [-0.4, -0.2) is 0 Å². The van der Waals surface area contributed by atoms with E-state index in [0.29, 0.717) is 0 Å². The van der Waals surface area contributed by atoms with Crippen molar-refractivity contribution in [3.63, 3.8) is 0 Å². The highest BCUT2D eigenvalue weighted by atomic mass is 32.1. The third-order valence-corrected chi connectivity index (χ3v) is 11.8. The van der Waals surface area contributed by atoms with E-state index >= 15 is 0 Å². The van der Waals surface area contributed by atoms with Gasteiger partial charge in [-0.3, -0.25) is 0 Å². The Balaban J connectivity index is 1.15. The van der Waals surface area contributed by atoms with Crippen LogP contribution in [-0.2, 0) is 0 Å². The van der Waals surface area contributed by atoms with Gasteiger partial charge in [-0.2, -0.15) is 0 Å². The molecule has 0 atom stereocenters. The maximum atomic E-state index is 7.07. The van der Waals surface area contributed by atoms with Crippen LogP contribution in [0.4, 0.5) is 17.1 Å². The molecule has 11 aromatic rings. The molecule has 248 valence electrons. The highest BCUT2D eigenvalue weighted by Gasteiger charge is 2.22. The van der Waals surface area contributed by atoms with Gasteiger partial charge in [-0.1, -0.05) is 140 Å². The van der Waals surface area contributed by atoms with Crippen LogP contribution in [0, 0.1) is 0 Å². The minimum absolute atomic E-state index is 0.867. The quantitative estimate of drug-likeness (QED) is 0.178. The van der Waals surface area contributed by atoms with Crippen LogP contribution in [0.15, 0.2) is 192 Å². The Morgan fingerprint density at radius 3 is 1.87 bits per heavy atom. The molecule has 0 fully saturated rings. The number of benzene rings is 9. The first-order chi connectivity index (χ1) is 26.3. The molecule has 11 rings (SSSR count). The summed E-state index contributed by atoms with van der Waals surface area (Å²) >= 11 is 1.84. The van der Waals surface area contributed by atoms with Crippen LogP contribution < -0.4 is 4.90 Å². The van der Waals surface area contributed by atoms with Crippen molar-refractivity contribution in [2.24, 2.45) is 0 Å². The maximum absolute atomic E-state index is 7.07. The molecule has 0 spiro atoms. The van der Waals surface area contributed by atoms with Crippen molar-refractivity contribution in [3.8, 4) is 22.3 Å². The summed E-state index contributed by atoms with van der Waals surface area (Å²) in [6.07, 6.45) is 0. The largest absolute Gasteiger partial charge is 0.453 e. The number of rotatable bonds is 5. The van der Waals surface area contributed by atoms with Gasteiger partial charge in [0.15, 0.2) is 5.58 Å². The van der Waals surface area contributed by atoms with E-state index in [1.54, 1.807) is 0 Å². The van der Waals surface area contributed by atoms with Crippen molar-refractivity contribution in [2.45, 2.75) is 0 Å². The van der Waals surface area contributed by atoms with Crippen LogP contribution in [0.25, 0.3) is 85.9 Å². The number of para-hydroxylation sites is 1. The Bertz CT molecular complexity index is 3170. The Morgan fingerprint density at radius 2 is 1.00 bits per heavy atom. The molecule has 0 bridgehead atoms. The average Bonchev–Trinajstić information content (AvgIpc) is 3.80. The fraction of sp³-hybridized carbons (Fsp3) is 0. The normalized spacial score (nSPS) is 11.8. The van der Waals surface area contributed by atoms with Gasteiger partial charge in [0.1, 0.15) is 5.58 Å². The average molecular weight is 694 g/mol. The van der Waals surface area contributed by atoms with E-state index < -0.39 is 0 Å². The second-order valence-corrected chi connectivity index (χ2v) is 14.8. The lowest BCUT2D eigenvalue weighted by Gasteiger charge is -2.26. The molecule has 2 aromatic heterocycles. The van der Waals surface area contributed by atoms with Gasteiger partial charge in [0, 0.05) is 47.7 Å². The highest BCUT2D eigenvalue weighted by Crippen LogP contribution is 2.47. The predicted molar refractivity (Wildman–Crippen MR) is 227 cm³/mol. The predicted octanol–water partition coefficient (Wildman–Crippen LogP) is 15.1. The van der Waals surface area contributed by atoms with Gasteiger partial charge < -0.3 is 9.32 Å². The van der Waals surface area contributed by atoms with Gasteiger partial charge in [-0.25, -0.2) is 0 Å². The summed E-state index contributed by atoms with van der Waals surface area (Å²) in [4.78, 5) is 2.36. The molecule has 2 nitrogen and oxygen atoms in total. The van der Waals surface area contributed by atoms with E-state index in [9.17, 15) is 0 Å². The molecule has 2 heterocycles. The summed E-state index contributed by atoms with van der Waals surface area (Å²) in [5.74, 6) is 0. The number of hydrogen-bond donors (Lipinski definition) is 0. The van der Waals surface area contributed by atoms with Gasteiger partial charge >= 0.3 is 0 Å². The Kier molecular flexibility index (Phi) is 6.76. The number of nitrogens with zero attached hydrogens (tertiary/aromatic N) is 1. The molecule has 0 aliphatic carbocycles. The Labute approximate surface area is 310 Å². The van der Waals surface area contributed by atoms with Gasteiger partial charge in [0.05, 0.1) is 5.69 Å². The topological polar surface area (TPSA) is 16.4 Å². The molecule has 9 aromatic carbocycles. The van der Waals surface area contributed by atoms with Gasteiger partial charge in [0.25, 0.3) is 0 Å². The third kappa shape index (κ3) is 4.86. The van der Waals surface area contributed by atoms with E-state index in [1.165, 1.54) is 58.6 Å². The number of thiophene rings is 1. The second-order valence-electron chi connectivity index (χ2n) is 13.7. The number of furan rings is 1. The lowest BCUT2D eigenvalue weighted by molar-refractivity contribution is 0.673. The maximum Gasteiger partial charge on any atom is 0.159 e. The van der Waals surface area contributed by atoms with Gasteiger partial charge in [0.2, 0.25) is 0 Å². The zero-order valence-electron chi connectivity index (χ0n) is 28.7. The minimum Gasteiger partial charge on any atom is -0.453 e. The lowest BCUT2D eigenvalue weighted by atomic mass is 9.94. The van der Waals surface area contributed by atoms with Crippen LogP contribution in [0.3, 0.4) is 0 Å². The van der Waals surface area contributed by atoms with Crippen molar-refractivity contribution in [1.82, 2.24) is 0 Å². The number of anilines is 3. The van der Waals surface area contributed by atoms with Crippen LogP contribution in [0.5, 0.6) is 0 Å². The zero-order valence-corrected chi connectivity index (χ0v) is 29.5. The molecule has 0 amide bonds. The van der Waals surface area contributed by atoms with Crippen molar-refractivity contribution < 1.29 is 4.42 Å². The first kappa shape index (κ1) is 30.0. The summed E-state index contributed by atoms with van der Waals surface area (Å²) in [6, 6.07) is 67.9. The van der Waals surface area contributed by atoms with Gasteiger partial charge in [-0.15, -0.1) is 11.3 Å². The number of hydrogen-bond acceptors (Lipinski definition) is 3. The third-order valence-electron chi connectivity index (χ3n) is 10.6. The van der Waals surface area contributed by atoms with Crippen molar-refractivity contribution in [2.75, 3.05) is 4.90 Å². The SMILES string of the molecule is c1ccc(-c2ccc(N(c3ccc4c(c3)sc3ccccc34)c3cccc4c3oc3c5ccccc5c(-c5ccc6ccccc6c5)cc43)cc2)cc1. The molecule has 0 saturated heterocycles. The fourth-order valence-electron chi connectivity index (χ4n) is 8.09. The highest BCUT2D eigenvalue weighted by molar-refractivity contribution is 7.25. The fourth-order valence-corrected chi connectivity index (χ4v) is 9.23. The molecular formula is C50H31NOS. The summed E-state index contributed by atoms with van der Waals surface area (Å²) in [6.45, 7) is 0. The van der Waals surface area contributed by atoms with E-state index in [0.717, 1.165) is 44.4 Å². The Morgan fingerprint density at radius 1 is 0.358 bits per heavy atom. The van der Waals surface area contributed by atoms with E-state index in [4.69, 9.17) is 4.42 Å². The molecule has 3 heteroatoms. The molecule has 0 radical (unpaired) electrons. The standard InChI is InChI=1S/C50H31NOS/c1-2-11-32(12-3-1)34-23-25-37(26-24-34)51(38-27-28-41-40-16-8-9-20-47(40)53-48(41)30-38)46-19-10-18-43-45-31-44(36-22-21-33-13-4-5-14-35(33)29-36)39-15-6-7-17-42(39)49(45)52-50(43)46/h1-31H. The summed E-state index contributed by atoms with van der Waals surface area (Å²) < 4.78 is 9.63. The smallest absolute Gasteiger partial charge is 0.159 e. The number of fused-ring (bicyclic) bond motifs is 9. The monoisotopic (exact) mass is 693 g/mol. The van der Waals surface area contributed by atoms with Crippen molar-refractivity contribution in [1.29, 1.82) is 0 Å². The summed E-state index contributed by atoms with van der Waals surface area (Å²) in [5.41, 5.74) is 9.72. The van der Waals surface area contributed by atoms with Crippen molar-refractivity contribution >= 4 is 92.1 Å². The molecule has 0 aliphatic heterocycles. The lowest BCUT2D eigenvalue weighted by Crippen LogP contribution is -2.10. The molecule has 0 N–H and O–H groups in total. The minimum atomic E-state index is 0.867. The Hall–Kier alpha value is -6.68. The summed E-state index contributed by atoms with van der Waals surface area (Å²) in [5, 5.41) is 9.56. The summed E-state index contributed by atoms with van der Waals surface area (Å²) in [7, 11) is 0. The van der Waals surface area contributed by atoms with Crippen molar-refractivity contribution in [3.05, 3.63) is 188 Å². The van der Waals surface area contributed by atoms with E-state index in [-0.39, 0.29) is 0 Å². The molecule has 0 saturated carbocycles. The molecule has 53 heavy (non-hydrogen) atoms. The van der Waals surface area contributed by atoms with E-state index in [1.807, 2.05) is 11.3 Å². The zero-order chi connectivity index (χ0) is 34.9. The first-order valence-electron chi connectivity index (χ1n) is 18.0. The van der Waals surface area contributed by atoms with E-state index in [2.05, 4.69) is 193 Å². The van der Waals surface area contributed by atoms with Crippen LogP contribution in [0.2, 0.25) is 0 Å². The van der Waals surface area contributed by atoms with Crippen LogP contribution >= 0.6 is 11.3 Å². The second kappa shape index (κ2) is 11.9. The van der Waals surface area contributed by atoms with Crippen LogP contribution in [0.1, 0.15) is 0 Å². The van der Waals surface area contributed by atoms with Gasteiger partial charge in [-0.05, 0) is 86.9 Å². The molecular weight excluding hydrogens is 663 g/mol. The molecule has 0 aliphatic rings. The molecule has 0 unspecified atom stereocenters. The first-order valence-corrected chi connectivity index (χ1v) is 18.8.